The van der Waals surface area contributed by atoms with Crippen LogP contribution in [-0.2, 0) is 33.3 Å². The number of carbonyl (C=O) groups is 3. The van der Waals surface area contributed by atoms with Crippen molar-refractivity contribution in [3.63, 3.8) is 0 Å². The van der Waals surface area contributed by atoms with E-state index in [-0.39, 0.29) is 38.6 Å². The van der Waals surface area contributed by atoms with E-state index in [0.717, 1.165) is 148 Å². The number of carboxylic acids is 1. The van der Waals surface area contributed by atoms with Gasteiger partial charge >= 0.3 is 17.9 Å². The number of quaternary nitrogens is 1. The number of rotatable bonds is 61. The molecule has 2 atom stereocenters. The molecule has 0 fully saturated rings. The van der Waals surface area contributed by atoms with Gasteiger partial charge in [0.25, 0.3) is 6.29 Å². The molecule has 0 aliphatic heterocycles. The summed E-state index contributed by atoms with van der Waals surface area (Å²) in [7, 11) is 5.96. The zero-order chi connectivity index (χ0) is 63.3. The molecule has 0 aliphatic carbocycles. The van der Waals surface area contributed by atoms with Crippen LogP contribution in [0, 0.1) is 0 Å². The van der Waals surface area contributed by atoms with Crippen molar-refractivity contribution < 1.29 is 42.9 Å². The Morgan fingerprint density at radius 1 is 0.345 bits per heavy atom. The summed E-state index contributed by atoms with van der Waals surface area (Å²) in [5.74, 6) is -2.04. The molecule has 0 amide bonds. The van der Waals surface area contributed by atoms with Crippen LogP contribution in [0.5, 0.6) is 0 Å². The molecule has 9 nitrogen and oxygen atoms in total. The molecular formula is C78H126NO8+. The lowest BCUT2D eigenvalue weighted by Crippen LogP contribution is -2.40. The van der Waals surface area contributed by atoms with E-state index in [0.29, 0.717) is 17.4 Å². The van der Waals surface area contributed by atoms with Crippen LogP contribution in [0.25, 0.3) is 0 Å². The molecule has 1 N–H and O–H groups in total. The van der Waals surface area contributed by atoms with Gasteiger partial charge in [-0.25, -0.2) is 4.79 Å². The topological polar surface area (TPSA) is 108 Å². The molecule has 0 saturated heterocycles. The number of allylic oxidation sites excluding steroid dienone is 28. The van der Waals surface area contributed by atoms with E-state index in [1.165, 1.54) is 64.2 Å². The number of likely N-dealkylation sites (N-methyl/N-ethyl adjacent to an activating group) is 1. The third kappa shape index (κ3) is 68.0. The highest BCUT2D eigenvalue weighted by Gasteiger charge is 2.25. The maximum absolute atomic E-state index is 12.9. The standard InChI is InChI=1S/C78H125NO8/c1-6-8-10-12-14-16-18-20-22-24-26-28-30-32-33-34-35-36-37-38-39-40-41-42-43-45-47-49-51-53-55-57-59-61-63-65-67-69-76(81)87-74(73-86-78(77(82)83)84-71-70-79(3,4)5)72-85-75(80)68-66-64-62-60-58-56-54-52-50-48-46-44-31-29-27-25-23-21-19-17-15-13-11-9-7-2/h8-11,14-17,20-23,26-29,32-33,35-36,38-39,41-42,44-47,74,78H,6-7,12-13,18-19,24-25,30-31,34,37,40,43,48-73H2,1-5H3/p+1/b10-8-,11-9-,16-14-,17-15-,22-20-,23-21-,28-26-,29-27-,33-32-,36-35-,39-38-,42-41-,46-44-,47-45-. The lowest BCUT2D eigenvalue weighted by Gasteiger charge is -2.25. The van der Waals surface area contributed by atoms with E-state index in [4.69, 9.17) is 18.9 Å². The van der Waals surface area contributed by atoms with E-state index in [1.807, 2.05) is 21.1 Å². The van der Waals surface area contributed by atoms with Gasteiger partial charge in [-0.3, -0.25) is 9.59 Å². The fraction of sp³-hybridized carbons (Fsp3) is 0.603. The SMILES string of the molecule is CC/C=C\C/C=C\C/C=C\C/C=C\C/C=C\C/C=C\C/C=C\C/C=C\C/C=C\CCCCCCCCCCCC(=O)OC(COC(=O)CCCCCCCCCCC/C=C\C/C=C\C/C=C\C/C=C\C/C=C\CC)COC(OCC[N+](C)(C)C)C(=O)O. The molecule has 9 heteroatoms. The van der Waals surface area contributed by atoms with Gasteiger partial charge in [-0.1, -0.05) is 274 Å². The van der Waals surface area contributed by atoms with Crippen molar-refractivity contribution in [1.82, 2.24) is 0 Å². The summed E-state index contributed by atoms with van der Waals surface area (Å²) in [6.45, 7) is 4.62. The van der Waals surface area contributed by atoms with Crippen molar-refractivity contribution in [2.45, 2.75) is 257 Å². The summed E-state index contributed by atoms with van der Waals surface area (Å²) in [6, 6.07) is 0. The van der Waals surface area contributed by atoms with E-state index in [9.17, 15) is 19.5 Å². The molecule has 0 aliphatic rings. The Kier molecular flexibility index (Phi) is 62.5. The van der Waals surface area contributed by atoms with Crippen molar-refractivity contribution >= 4 is 17.9 Å². The van der Waals surface area contributed by atoms with Gasteiger partial charge in [-0.2, -0.15) is 0 Å². The molecule has 2 unspecified atom stereocenters. The number of unbranched alkanes of at least 4 members (excludes halogenated alkanes) is 18. The molecule has 0 spiro atoms. The molecule has 0 aromatic rings. The maximum atomic E-state index is 12.9. The number of carboxylic acid groups (broad SMARTS) is 1. The van der Waals surface area contributed by atoms with Crippen LogP contribution >= 0.6 is 0 Å². The Balaban J connectivity index is 4.22. The molecule has 0 bridgehead atoms. The second kappa shape index (κ2) is 66.6. The number of hydrogen-bond acceptors (Lipinski definition) is 7. The zero-order valence-electron chi connectivity index (χ0n) is 55.9. The normalized spacial score (nSPS) is 13.8. The van der Waals surface area contributed by atoms with Crippen molar-refractivity contribution in [3.05, 3.63) is 170 Å². The number of ether oxygens (including phenoxy) is 4. The van der Waals surface area contributed by atoms with E-state index >= 15 is 0 Å². The van der Waals surface area contributed by atoms with E-state index in [2.05, 4.69) is 184 Å². The molecule has 490 valence electrons. The number of carbonyl (C=O) groups excluding carboxylic acids is 2. The van der Waals surface area contributed by atoms with Gasteiger partial charge in [0.1, 0.15) is 13.2 Å². The molecule has 0 saturated carbocycles. The summed E-state index contributed by atoms with van der Waals surface area (Å²) < 4.78 is 22.9. The zero-order valence-corrected chi connectivity index (χ0v) is 55.9. The highest BCUT2D eigenvalue weighted by molar-refractivity contribution is 5.71. The van der Waals surface area contributed by atoms with Crippen LogP contribution in [0.15, 0.2) is 170 Å². The summed E-state index contributed by atoms with van der Waals surface area (Å²) >= 11 is 0. The number of nitrogens with zero attached hydrogens (tertiary/aromatic N) is 1. The lowest BCUT2D eigenvalue weighted by atomic mass is 10.1. The molecule has 87 heavy (non-hydrogen) atoms. The van der Waals surface area contributed by atoms with Gasteiger partial charge in [-0.05, 0) is 128 Å². The van der Waals surface area contributed by atoms with Gasteiger partial charge in [0.15, 0.2) is 6.10 Å². The Morgan fingerprint density at radius 2 is 0.621 bits per heavy atom. The Morgan fingerprint density at radius 3 is 0.920 bits per heavy atom. The van der Waals surface area contributed by atoms with Gasteiger partial charge in [0, 0.05) is 12.8 Å². The summed E-state index contributed by atoms with van der Waals surface area (Å²) in [5, 5.41) is 9.74. The second-order valence-electron chi connectivity index (χ2n) is 23.4. The van der Waals surface area contributed by atoms with Crippen LogP contribution in [0.2, 0.25) is 0 Å². The van der Waals surface area contributed by atoms with E-state index < -0.39 is 24.3 Å². The fourth-order valence-corrected chi connectivity index (χ4v) is 8.80. The number of aliphatic carboxylic acids is 1. The largest absolute Gasteiger partial charge is 0.477 e. The summed E-state index contributed by atoms with van der Waals surface area (Å²) in [4.78, 5) is 37.6. The average Bonchev–Trinajstić information content (AvgIpc) is 3.57. The quantitative estimate of drug-likeness (QED) is 0.0211. The third-order valence-electron chi connectivity index (χ3n) is 14.0. The smallest absolute Gasteiger partial charge is 0.361 e. The summed E-state index contributed by atoms with van der Waals surface area (Å²) in [5.41, 5.74) is 0. The Hall–Kier alpha value is -5.35. The predicted molar refractivity (Wildman–Crippen MR) is 373 cm³/mol. The van der Waals surface area contributed by atoms with Crippen molar-refractivity contribution in [2.75, 3.05) is 47.5 Å². The van der Waals surface area contributed by atoms with Gasteiger partial charge in [0.2, 0.25) is 0 Å². The van der Waals surface area contributed by atoms with Crippen molar-refractivity contribution in [2.24, 2.45) is 0 Å². The highest BCUT2D eigenvalue weighted by atomic mass is 16.7. The number of esters is 2. The predicted octanol–water partition coefficient (Wildman–Crippen LogP) is 21.5. The third-order valence-corrected chi connectivity index (χ3v) is 14.0. The first kappa shape index (κ1) is 81.7. The second-order valence-corrected chi connectivity index (χ2v) is 23.4. The molecule has 0 radical (unpaired) electrons. The van der Waals surface area contributed by atoms with Gasteiger partial charge in [0.05, 0.1) is 34.4 Å². The van der Waals surface area contributed by atoms with Gasteiger partial charge < -0.3 is 28.5 Å². The fourth-order valence-electron chi connectivity index (χ4n) is 8.80. The summed E-state index contributed by atoms with van der Waals surface area (Å²) in [6.07, 6.45) is 97.3. The Labute approximate surface area is 533 Å². The van der Waals surface area contributed by atoms with Crippen LogP contribution in [0.1, 0.15) is 245 Å². The average molecular weight is 1210 g/mol. The minimum absolute atomic E-state index is 0.176. The Bertz CT molecular complexity index is 2030. The van der Waals surface area contributed by atoms with Crippen LogP contribution in [0.3, 0.4) is 0 Å². The lowest BCUT2D eigenvalue weighted by molar-refractivity contribution is -0.870. The first-order chi connectivity index (χ1) is 42.6. The minimum atomic E-state index is -1.53. The monoisotopic (exact) mass is 1200 g/mol. The maximum Gasteiger partial charge on any atom is 0.361 e. The van der Waals surface area contributed by atoms with Gasteiger partial charge in [-0.15, -0.1) is 0 Å². The molecule has 0 heterocycles. The van der Waals surface area contributed by atoms with E-state index in [1.54, 1.807) is 0 Å². The van der Waals surface area contributed by atoms with Crippen LogP contribution in [0.4, 0.5) is 0 Å². The molecule has 0 rings (SSSR count). The van der Waals surface area contributed by atoms with Crippen molar-refractivity contribution in [3.8, 4) is 0 Å². The van der Waals surface area contributed by atoms with Crippen molar-refractivity contribution in [1.29, 1.82) is 0 Å². The first-order valence-corrected chi connectivity index (χ1v) is 34.3. The molecule has 0 aromatic heterocycles. The molecule has 0 aromatic carbocycles. The van der Waals surface area contributed by atoms with Crippen LogP contribution in [-0.4, -0.2) is 87.4 Å². The minimum Gasteiger partial charge on any atom is -0.477 e. The molecular weight excluding hydrogens is 1080 g/mol. The number of hydrogen-bond donors (Lipinski definition) is 1. The van der Waals surface area contributed by atoms with Crippen LogP contribution < -0.4 is 0 Å². The highest BCUT2D eigenvalue weighted by Crippen LogP contribution is 2.15. The first-order valence-electron chi connectivity index (χ1n) is 34.3.